The van der Waals surface area contributed by atoms with E-state index in [0.717, 1.165) is 33.3 Å². The molecule has 0 aliphatic carbocycles. The lowest BCUT2D eigenvalue weighted by Crippen LogP contribution is -2.22. The van der Waals surface area contributed by atoms with E-state index in [0.29, 0.717) is 22.3 Å². The van der Waals surface area contributed by atoms with Crippen LogP contribution in [0.2, 0.25) is 5.02 Å². The number of carbonyl (C=O) groups is 2. The topological polar surface area (TPSA) is 96.1 Å². The van der Waals surface area contributed by atoms with Crippen LogP contribution in [0.4, 0.5) is 4.79 Å². The Hall–Kier alpha value is -4.62. The monoisotopic (exact) mass is 494 g/mol. The van der Waals surface area contributed by atoms with Gasteiger partial charge in [-0.3, -0.25) is 10.1 Å². The zero-order chi connectivity index (χ0) is 24.6. The number of benzene rings is 4. The van der Waals surface area contributed by atoms with Gasteiger partial charge in [-0.25, -0.2) is 4.79 Å². The number of rotatable bonds is 5. The number of imide groups is 1. The van der Waals surface area contributed by atoms with Gasteiger partial charge in [0.15, 0.2) is 0 Å². The average molecular weight is 495 g/mol. The van der Waals surface area contributed by atoms with Crippen molar-refractivity contribution in [1.82, 2.24) is 20.6 Å². The first kappa shape index (κ1) is 21.9. The summed E-state index contributed by atoms with van der Waals surface area (Å²) in [7, 11) is 0. The molecule has 3 amide bonds. The van der Waals surface area contributed by atoms with Gasteiger partial charge >= 0.3 is 6.03 Å². The van der Waals surface area contributed by atoms with Crippen molar-refractivity contribution >= 4 is 34.6 Å². The van der Waals surface area contributed by atoms with Gasteiger partial charge in [-0.05, 0) is 46.5 Å². The minimum atomic E-state index is -0.708. The highest BCUT2D eigenvalue weighted by atomic mass is 35.5. The van der Waals surface area contributed by atoms with Gasteiger partial charge in [0.25, 0.3) is 11.9 Å². The molecule has 4 aromatic carbocycles. The van der Waals surface area contributed by atoms with Crippen LogP contribution in [0.25, 0.3) is 33.3 Å². The number of urea groups is 1. The molecule has 1 unspecified atom stereocenters. The Labute approximate surface area is 211 Å². The van der Waals surface area contributed by atoms with Gasteiger partial charge < -0.3 is 15.0 Å². The highest BCUT2D eigenvalue weighted by Gasteiger charge is 2.30. The lowest BCUT2D eigenvalue weighted by Gasteiger charge is -2.08. The maximum Gasteiger partial charge on any atom is 0.322 e. The first-order chi connectivity index (χ1) is 17.5. The fourth-order valence-corrected chi connectivity index (χ4v) is 4.51. The summed E-state index contributed by atoms with van der Waals surface area (Å²) >= 11 is 6.61. The van der Waals surface area contributed by atoms with E-state index < -0.39 is 12.1 Å². The summed E-state index contributed by atoms with van der Waals surface area (Å²) in [5, 5.41) is 5.39. The molecule has 1 saturated heterocycles. The molecule has 176 valence electrons. The van der Waals surface area contributed by atoms with Crippen molar-refractivity contribution in [3.63, 3.8) is 0 Å². The molecular formula is C28H19ClN4O3. The van der Waals surface area contributed by atoms with Crippen LogP contribution in [0.5, 0.6) is 11.8 Å². The standard InChI is InChI=1S/C28H19ClN4O3/c29-22-15-24-23(14-21(22)18-8-6-17(7-9-18)16-4-2-1-3-5-16)30-28(31-24)36-20-12-10-19(11-13-20)25-26(34)33-27(35)32-25/h1-15,25H,(H,30,31)(H2,32,33,34,35). The Morgan fingerprint density at radius 3 is 2.19 bits per heavy atom. The molecule has 0 saturated carbocycles. The van der Waals surface area contributed by atoms with Gasteiger partial charge in [0.1, 0.15) is 11.8 Å². The number of aromatic amines is 1. The number of aromatic nitrogens is 2. The zero-order valence-electron chi connectivity index (χ0n) is 18.8. The van der Waals surface area contributed by atoms with Crippen LogP contribution in [0.15, 0.2) is 91.0 Å². The Kier molecular flexibility index (Phi) is 5.39. The van der Waals surface area contributed by atoms with Gasteiger partial charge in [0, 0.05) is 5.56 Å². The Balaban J connectivity index is 1.23. The van der Waals surface area contributed by atoms with Crippen molar-refractivity contribution in [2.45, 2.75) is 6.04 Å². The second kappa shape index (κ2) is 8.87. The van der Waals surface area contributed by atoms with Crippen LogP contribution >= 0.6 is 11.6 Å². The smallest absolute Gasteiger partial charge is 0.322 e. The summed E-state index contributed by atoms with van der Waals surface area (Å²) in [6.07, 6.45) is 0. The molecule has 1 aliphatic heterocycles. The van der Waals surface area contributed by atoms with Gasteiger partial charge in [0.2, 0.25) is 0 Å². The van der Waals surface area contributed by atoms with Crippen LogP contribution in [0.3, 0.4) is 0 Å². The van der Waals surface area contributed by atoms with Crippen molar-refractivity contribution in [2.75, 3.05) is 0 Å². The molecule has 1 fully saturated rings. The molecule has 36 heavy (non-hydrogen) atoms. The van der Waals surface area contributed by atoms with Gasteiger partial charge in [-0.1, -0.05) is 78.3 Å². The maximum absolute atomic E-state index is 11.8. The van der Waals surface area contributed by atoms with E-state index in [2.05, 4.69) is 44.9 Å². The molecule has 1 aliphatic rings. The van der Waals surface area contributed by atoms with Gasteiger partial charge in [-0.2, -0.15) is 4.98 Å². The number of hydrogen-bond acceptors (Lipinski definition) is 4. The summed E-state index contributed by atoms with van der Waals surface area (Å²) in [5.74, 6) is 0.152. The number of carbonyl (C=O) groups excluding carboxylic acids is 2. The lowest BCUT2D eigenvalue weighted by molar-refractivity contribution is -0.120. The number of nitrogens with zero attached hydrogens (tertiary/aromatic N) is 1. The molecule has 6 rings (SSSR count). The van der Waals surface area contributed by atoms with E-state index in [1.54, 1.807) is 24.3 Å². The van der Waals surface area contributed by atoms with Crippen molar-refractivity contribution in [1.29, 1.82) is 0 Å². The van der Waals surface area contributed by atoms with Crippen molar-refractivity contribution in [2.24, 2.45) is 0 Å². The molecule has 3 N–H and O–H groups in total. The van der Waals surface area contributed by atoms with Crippen LogP contribution in [0.1, 0.15) is 11.6 Å². The fraction of sp³-hybridized carbons (Fsp3) is 0.0357. The summed E-state index contributed by atoms with van der Waals surface area (Å²) in [4.78, 5) is 30.9. The van der Waals surface area contributed by atoms with Gasteiger partial charge in [0.05, 0.1) is 16.1 Å². The van der Waals surface area contributed by atoms with E-state index in [4.69, 9.17) is 16.3 Å². The quantitative estimate of drug-likeness (QED) is 0.252. The first-order valence-corrected chi connectivity index (χ1v) is 11.7. The van der Waals surface area contributed by atoms with E-state index in [9.17, 15) is 9.59 Å². The minimum absolute atomic E-state index is 0.317. The molecule has 0 radical (unpaired) electrons. The third-order valence-electron chi connectivity index (χ3n) is 6.05. The van der Waals surface area contributed by atoms with Crippen LogP contribution in [-0.4, -0.2) is 21.9 Å². The molecule has 0 spiro atoms. The molecule has 0 bridgehead atoms. The number of imidazole rings is 1. The van der Waals surface area contributed by atoms with Crippen molar-refractivity contribution in [3.05, 3.63) is 102 Å². The van der Waals surface area contributed by atoms with E-state index >= 15 is 0 Å². The molecule has 5 aromatic rings. The maximum atomic E-state index is 11.8. The summed E-state index contributed by atoms with van der Waals surface area (Å²) in [6, 6.07) is 28.2. The largest absolute Gasteiger partial charge is 0.426 e. The second-order valence-electron chi connectivity index (χ2n) is 8.40. The zero-order valence-corrected chi connectivity index (χ0v) is 19.5. The number of H-pyrrole nitrogens is 1. The number of nitrogens with one attached hydrogen (secondary N) is 3. The van der Waals surface area contributed by atoms with Crippen LogP contribution < -0.4 is 15.4 Å². The molecule has 1 aromatic heterocycles. The SMILES string of the molecule is O=C1NC(=O)C(c2ccc(Oc3nc4cc(-c5ccc(-c6ccccc6)cc5)c(Cl)cc4[nH]3)cc2)N1. The van der Waals surface area contributed by atoms with E-state index in [1.807, 2.05) is 42.5 Å². The molecular weight excluding hydrogens is 476 g/mol. The van der Waals surface area contributed by atoms with Crippen LogP contribution in [-0.2, 0) is 4.79 Å². The average Bonchev–Trinajstić information content (AvgIpc) is 3.45. The highest BCUT2D eigenvalue weighted by molar-refractivity contribution is 6.34. The first-order valence-electron chi connectivity index (χ1n) is 11.3. The Bertz CT molecular complexity index is 1600. The summed E-state index contributed by atoms with van der Waals surface area (Å²) in [5.41, 5.74) is 6.29. The van der Waals surface area contributed by atoms with Gasteiger partial charge in [-0.15, -0.1) is 0 Å². The van der Waals surface area contributed by atoms with E-state index in [1.165, 1.54) is 0 Å². The molecule has 7 nitrogen and oxygen atoms in total. The highest BCUT2D eigenvalue weighted by Crippen LogP contribution is 2.34. The Morgan fingerprint density at radius 2 is 1.50 bits per heavy atom. The third kappa shape index (κ3) is 4.16. The molecule has 2 heterocycles. The normalized spacial score (nSPS) is 15.1. The summed E-state index contributed by atoms with van der Waals surface area (Å²) < 4.78 is 5.88. The van der Waals surface area contributed by atoms with Crippen LogP contribution in [0, 0.1) is 0 Å². The number of fused-ring (bicyclic) bond motifs is 1. The minimum Gasteiger partial charge on any atom is -0.426 e. The number of ether oxygens (including phenoxy) is 1. The van der Waals surface area contributed by atoms with E-state index in [-0.39, 0.29) is 5.91 Å². The van der Waals surface area contributed by atoms with Crippen molar-refractivity contribution < 1.29 is 14.3 Å². The number of hydrogen-bond donors (Lipinski definition) is 3. The number of halogens is 1. The molecule has 8 heteroatoms. The fourth-order valence-electron chi connectivity index (χ4n) is 4.24. The Morgan fingerprint density at radius 1 is 0.806 bits per heavy atom. The lowest BCUT2D eigenvalue weighted by atomic mass is 10.00. The number of amides is 3. The predicted octanol–water partition coefficient (Wildman–Crippen LogP) is 6.22. The third-order valence-corrected chi connectivity index (χ3v) is 6.37. The predicted molar refractivity (Wildman–Crippen MR) is 138 cm³/mol. The van der Waals surface area contributed by atoms with Crippen molar-refractivity contribution in [3.8, 4) is 34.0 Å². The molecule has 1 atom stereocenters. The summed E-state index contributed by atoms with van der Waals surface area (Å²) in [6.45, 7) is 0. The second-order valence-corrected chi connectivity index (χ2v) is 8.81.